The van der Waals surface area contributed by atoms with Crippen molar-refractivity contribution in [2.75, 3.05) is 5.32 Å². The predicted octanol–water partition coefficient (Wildman–Crippen LogP) is 3.86. The van der Waals surface area contributed by atoms with E-state index < -0.39 is 0 Å². The van der Waals surface area contributed by atoms with Gasteiger partial charge in [0.05, 0.1) is 15.7 Å². The standard InChI is InChI=1S/C15H12N2OS/c1-10-3-2-4-11(7-10)15(18)17-12-5-6-13-14(8-12)19-9-16-13/h2-9H,1H3,(H,17,18). The van der Waals surface area contributed by atoms with Gasteiger partial charge < -0.3 is 5.32 Å². The van der Waals surface area contributed by atoms with Crippen LogP contribution in [0.3, 0.4) is 0 Å². The van der Waals surface area contributed by atoms with Crippen LogP contribution < -0.4 is 5.32 Å². The summed E-state index contributed by atoms with van der Waals surface area (Å²) >= 11 is 1.56. The highest BCUT2D eigenvalue weighted by Gasteiger charge is 2.06. The highest BCUT2D eigenvalue weighted by molar-refractivity contribution is 7.16. The van der Waals surface area contributed by atoms with Crippen molar-refractivity contribution in [3.05, 3.63) is 59.1 Å². The van der Waals surface area contributed by atoms with Crippen LogP contribution in [0.2, 0.25) is 0 Å². The van der Waals surface area contributed by atoms with Gasteiger partial charge >= 0.3 is 0 Å². The highest BCUT2D eigenvalue weighted by Crippen LogP contribution is 2.22. The van der Waals surface area contributed by atoms with Gasteiger partial charge in [-0.2, -0.15) is 0 Å². The van der Waals surface area contributed by atoms with E-state index in [-0.39, 0.29) is 5.91 Å². The van der Waals surface area contributed by atoms with Crippen LogP contribution in [0.15, 0.2) is 48.0 Å². The van der Waals surface area contributed by atoms with Crippen LogP contribution in [0, 0.1) is 6.92 Å². The fourth-order valence-electron chi connectivity index (χ4n) is 1.92. The fraction of sp³-hybridized carbons (Fsp3) is 0.0667. The Morgan fingerprint density at radius 3 is 2.95 bits per heavy atom. The summed E-state index contributed by atoms with van der Waals surface area (Å²) in [5, 5.41) is 2.91. The molecule has 0 radical (unpaired) electrons. The Morgan fingerprint density at radius 1 is 1.21 bits per heavy atom. The van der Waals surface area contributed by atoms with Gasteiger partial charge in [-0.15, -0.1) is 11.3 Å². The van der Waals surface area contributed by atoms with Crippen LogP contribution in [0.1, 0.15) is 15.9 Å². The first kappa shape index (κ1) is 11.9. The van der Waals surface area contributed by atoms with Crippen molar-refractivity contribution < 1.29 is 4.79 Å². The summed E-state index contributed by atoms with van der Waals surface area (Å²) in [5.41, 5.74) is 5.30. The van der Waals surface area contributed by atoms with E-state index in [9.17, 15) is 4.79 Å². The molecule has 0 aliphatic carbocycles. The molecule has 3 nitrogen and oxygen atoms in total. The minimum Gasteiger partial charge on any atom is -0.322 e. The SMILES string of the molecule is Cc1cccc(C(=O)Nc2ccc3ncsc3c2)c1. The number of rotatable bonds is 2. The molecule has 0 aliphatic heterocycles. The summed E-state index contributed by atoms with van der Waals surface area (Å²) in [7, 11) is 0. The van der Waals surface area contributed by atoms with Gasteiger partial charge in [-0.05, 0) is 37.3 Å². The first-order valence-electron chi connectivity index (χ1n) is 5.94. The predicted molar refractivity (Wildman–Crippen MR) is 78.8 cm³/mol. The van der Waals surface area contributed by atoms with E-state index in [2.05, 4.69) is 10.3 Å². The second-order valence-corrected chi connectivity index (χ2v) is 5.24. The summed E-state index contributed by atoms with van der Waals surface area (Å²) in [6.07, 6.45) is 0. The third kappa shape index (κ3) is 2.48. The molecule has 0 saturated heterocycles. The molecule has 1 heterocycles. The van der Waals surface area contributed by atoms with Gasteiger partial charge in [0, 0.05) is 11.3 Å². The Hall–Kier alpha value is -2.20. The van der Waals surface area contributed by atoms with E-state index in [4.69, 9.17) is 0 Å². The highest BCUT2D eigenvalue weighted by atomic mass is 32.1. The number of hydrogen-bond acceptors (Lipinski definition) is 3. The molecule has 1 amide bonds. The molecule has 94 valence electrons. The maximum atomic E-state index is 12.1. The topological polar surface area (TPSA) is 42.0 Å². The van der Waals surface area contributed by atoms with Crippen molar-refractivity contribution >= 4 is 33.1 Å². The molecule has 0 aliphatic rings. The molecule has 3 rings (SSSR count). The zero-order chi connectivity index (χ0) is 13.2. The lowest BCUT2D eigenvalue weighted by atomic mass is 10.1. The van der Waals surface area contributed by atoms with Crippen LogP contribution in [0.25, 0.3) is 10.2 Å². The molecule has 0 spiro atoms. The van der Waals surface area contributed by atoms with Gasteiger partial charge in [-0.1, -0.05) is 17.7 Å². The number of carbonyl (C=O) groups is 1. The Morgan fingerprint density at radius 2 is 2.11 bits per heavy atom. The number of fused-ring (bicyclic) bond motifs is 1. The minimum absolute atomic E-state index is 0.0902. The van der Waals surface area contributed by atoms with Crippen LogP contribution >= 0.6 is 11.3 Å². The monoisotopic (exact) mass is 268 g/mol. The van der Waals surface area contributed by atoms with Gasteiger partial charge in [0.2, 0.25) is 0 Å². The number of thiazole rings is 1. The van der Waals surface area contributed by atoms with Crippen LogP contribution in [0.5, 0.6) is 0 Å². The molecule has 1 aromatic heterocycles. The largest absolute Gasteiger partial charge is 0.322 e. The maximum Gasteiger partial charge on any atom is 0.255 e. The average Bonchev–Trinajstić information content (AvgIpc) is 2.86. The van der Waals surface area contributed by atoms with E-state index in [1.807, 2.05) is 49.4 Å². The summed E-state index contributed by atoms with van der Waals surface area (Å²) < 4.78 is 1.07. The van der Waals surface area contributed by atoms with E-state index in [1.54, 1.807) is 16.8 Å². The Balaban J connectivity index is 1.86. The number of carbonyl (C=O) groups excluding carboxylic acids is 1. The zero-order valence-electron chi connectivity index (χ0n) is 10.4. The normalized spacial score (nSPS) is 10.6. The van der Waals surface area contributed by atoms with Crippen LogP contribution in [-0.2, 0) is 0 Å². The summed E-state index contributed by atoms with van der Waals surface area (Å²) in [6.45, 7) is 1.97. The summed E-state index contributed by atoms with van der Waals surface area (Å²) in [6, 6.07) is 13.3. The molecule has 19 heavy (non-hydrogen) atoms. The molecular formula is C15H12N2OS. The van der Waals surface area contributed by atoms with Gasteiger partial charge in [0.1, 0.15) is 0 Å². The van der Waals surface area contributed by atoms with E-state index in [1.165, 1.54) is 0 Å². The molecule has 0 unspecified atom stereocenters. The van der Waals surface area contributed by atoms with E-state index in [0.717, 1.165) is 21.5 Å². The van der Waals surface area contributed by atoms with Crippen molar-refractivity contribution in [1.82, 2.24) is 4.98 Å². The first-order valence-corrected chi connectivity index (χ1v) is 6.81. The molecule has 1 N–H and O–H groups in total. The molecule has 0 saturated carbocycles. The molecule has 0 atom stereocenters. The third-order valence-corrected chi connectivity index (χ3v) is 3.66. The van der Waals surface area contributed by atoms with E-state index in [0.29, 0.717) is 5.56 Å². The average molecular weight is 268 g/mol. The van der Waals surface area contributed by atoms with E-state index >= 15 is 0 Å². The van der Waals surface area contributed by atoms with Gasteiger partial charge in [0.25, 0.3) is 5.91 Å². The van der Waals surface area contributed by atoms with Crippen molar-refractivity contribution in [2.45, 2.75) is 6.92 Å². The van der Waals surface area contributed by atoms with Gasteiger partial charge in [-0.25, -0.2) is 4.98 Å². The van der Waals surface area contributed by atoms with Crippen molar-refractivity contribution in [2.24, 2.45) is 0 Å². The van der Waals surface area contributed by atoms with Crippen LogP contribution in [-0.4, -0.2) is 10.9 Å². The molecule has 0 fully saturated rings. The van der Waals surface area contributed by atoms with Gasteiger partial charge in [0.15, 0.2) is 0 Å². The molecule has 2 aromatic carbocycles. The summed E-state index contributed by atoms with van der Waals surface area (Å²) in [5.74, 6) is -0.0902. The van der Waals surface area contributed by atoms with Gasteiger partial charge in [-0.3, -0.25) is 4.79 Å². The molecule has 3 aromatic rings. The lowest BCUT2D eigenvalue weighted by Crippen LogP contribution is -2.11. The molecule has 4 heteroatoms. The minimum atomic E-state index is -0.0902. The smallest absolute Gasteiger partial charge is 0.255 e. The third-order valence-electron chi connectivity index (χ3n) is 2.87. The lowest BCUT2D eigenvalue weighted by molar-refractivity contribution is 0.102. The lowest BCUT2D eigenvalue weighted by Gasteiger charge is -2.05. The number of nitrogens with one attached hydrogen (secondary N) is 1. The zero-order valence-corrected chi connectivity index (χ0v) is 11.2. The Labute approximate surface area is 114 Å². The second-order valence-electron chi connectivity index (χ2n) is 4.36. The van der Waals surface area contributed by atoms with Crippen molar-refractivity contribution in [3.8, 4) is 0 Å². The number of aryl methyl sites for hydroxylation is 1. The Kier molecular flexibility index (Phi) is 3.01. The maximum absolute atomic E-state index is 12.1. The fourth-order valence-corrected chi connectivity index (χ4v) is 2.64. The Bertz CT molecular complexity index is 748. The molecule has 0 bridgehead atoms. The number of benzene rings is 2. The number of aromatic nitrogens is 1. The number of nitrogens with zero attached hydrogens (tertiary/aromatic N) is 1. The van der Waals surface area contributed by atoms with Crippen molar-refractivity contribution in [3.63, 3.8) is 0 Å². The van der Waals surface area contributed by atoms with Crippen LogP contribution in [0.4, 0.5) is 5.69 Å². The first-order chi connectivity index (χ1) is 9.22. The number of hydrogen-bond donors (Lipinski definition) is 1. The number of amides is 1. The molecular weight excluding hydrogens is 256 g/mol. The number of anilines is 1. The summed E-state index contributed by atoms with van der Waals surface area (Å²) in [4.78, 5) is 16.3. The quantitative estimate of drug-likeness (QED) is 0.767. The van der Waals surface area contributed by atoms with Crippen molar-refractivity contribution in [1.29, 1.82) is 0 Å². The second kappa shape index (κ2) is 4.82.